The second-order valence-electron chi connectivity index (χ2n) is 5.59. The van der Waals surface area contributed by atoms with Gasteiger partial charge in [0.15, 0.2) is 0 Å². The fourth-order valence-electron chi connectivity index (χ4n) is 2.33. The van der Waals surface area contributed by atoms with E-state index in [9.17, 15) is 4.79 Å². The van der Waals surface area contributed by atoms with Crippen LogP contribution in [0, 0.1) is 6.92 Å². The molecule has 0 saturated heterocycles. The number of nitrogens with one attached hydrogen (secondary N) is 1. The highest BCUT2D eigenvalue weighted by molar-refractivity contribution is 7.15. The fourth-order valence-corrected chi connectivity index (χ4v) is 3.12. The van der Waals surface area contributed by atoms with Crippen molar-refractivity contribution in [1.29, 1.82) is 0 Å². The highest BCUT2D eigenvalue weighted by atomic mass is 32.1. The minimum Gasteiger partial charge on any atom is -0.497 e. The molecule has 0 atom stereocenters. The summed E-state index contributed by atoms with van der Waals surface area (Å²) in [6.45, 7) is 1.88. The zero-order valence-electron chi connectivity index (χ0n) is 14.1. The van der Waals surface area contributed by atoms with Gasteiger partial charge < -0.3 is 14.5 Å². The second kappa shape index (κ2) is 7.94. The zero-order chi connectivity index (χ0) is 17.6. The highest BCUT2D eigenvalue weighted by Gasteiger charge is 2.10. The lowest BCUT2D eigenvalue weighted by atomic mass is 10.1. The Bertz CT molecular complexity index is 839. The molecule has 25 heavy (non-hydrogen) atoms. The normalized spacial score (nSPS) is 10.6. The summed E-state index contributed by atoms with van der Waals surface area (Å²) in [5.41, 5.74) is 1.11. The number of hydrogen-bond acceptors (Lipinski definition) is 6. The minimum atomic E-state index is -0.0961. The first kappa shape index (κ1) is 17.2. The van der Waals surface area contributed by atoms with Crippen LogP contribution >= 0.6 is 11.3 Å². The molecule has 0 unspecified atom stereocenters. The van der Waals surface area contributed by atoms with Gasteiger partial charge in [0.05, 0.1) is 7.11 Å². The van der Waals surface area contributed by atoms with E-state index in [0.29, 0.717) is 24.4 Å². The van der Waals surface area contributed by atoms with Gasteiger partial charge in [-0.05, 0) is 36.8 Å². The SMILES string of the molecule is COc1ccc(Cc2nnc(NC(=O)CCc3ccc(C)o3)s2)cc1. The smallest absolute Gasteiger partial charge is 0.226 e. The molecule has 0 bridgehead atoms. The number of hydrogen-bond donors (Lipinski definition) is 1. The maximum atomic E-state index is 12.0. The standard InChI is InChI=1S/C18H19N3O3S/c1-12-3-6-15(24-12)9-10-16(22)19-18-21-20-17(25-18)11-13-4-7-14(23-2)8-5-13/h3-8H,9-11H2,1-2H3,(H,19,21,22). The largest absolute Gasteiger partial charge is 0.497 e. The Balaban J connectivity index is 1.51. The van der Waals surface area contributed by atoms with Crippen LogP contribution in [0.25, 0.3) is 0 Å². The van der Waals surface area contributed by atoms with E-state index in [0.717, 1.165) is 27.8 Å². The van der Waals surface area contributed by atoms with E-state index in [-0.39, 0.29) is 5.91 Å². The zero-order valence-corrected chi connectivity index (χ0v) is 14.9. The number of aryl methyl sites for hydroxylation is 2. The predicted molar refractivity (Wildman–Crippen MR) is 96.1 cm³/mol. The second-order valence-corrected chi connectivity index (χ2v) is 6.65. The molecule has 2 heterocycles. The first-order valence-electron chi connectivity index (χ1n) is 7.93. The molecule has 7 heteroatoms. The number of rotatable bonds is 7. The first-order valence-corrected chi connectivity index (χ1v) is 8.74. The Hall–Kier alpha value is -2.67. The highest BCUT2D eigenvalue weighted by Crippen LogP contribution is 2.20. The van der Waals surface area contributed by atoms with Crippen LogP contribution in [0.3, 0.4) is 0 Å². The molecule has 2 aromatic heterocycles. The van der Waals surface area contributed by atoms with E-state index in [2.05, 4.69) is 15.5 Å². The van der Waals surface area contributed by atoms with Crippen molar-refractivity contribution in [2.45, 2.75) is 26.2 Å². The number of carbonyl (C=O) groups is 1. The van der Waals surface area contributed by atoms with Crippen LogP contribution in [-0.4, -0.2) is 23.2 Å². The average molecular weight is 357 g/mol. The molecule has 0 aliphatic rings. The third kappa shape index (κ3) is 4.90. The Morgan fingerprint density at radius 1 is 1.20 bits per heavy atom. The van der Waals surface area contributed by atoms with Gasteiger partial charge in [-0.3, -0.25) is 4.79 Å². The summed E-state index contributed by atoms with van der Waals surface area (Å²) in [6, 6.07) is 11.6. The molecule has 3 rings (SSSR count). The molecule has 3 aromatic rings. The van der Waals surface area contributed by atoms with E-state index in [4.69, 9.17) is 9.15 Å². The third-order valence-corrected chi connectivity index (χ3v) is 4.46. The van der Waals surface area contributed by atoms with E-state index >= 15 is 0 Å². The first-order chi connectivity index (χ1) is 12.1. The summed E-state index contributed by atoms with van der Waals surface area (Å²) < 4.78 is 10.6. The lowest BCUT2D eigenvalue weighted by Crippen LogP contribution is -2.11. The maximum absolute atomic E-state index is 12.0. The number of benzene rings is 1. The molecule has 6 nitrogen and oxygen atoms in total. The molecule has 0 spiro atoms. The van der Waals surface area contributed by atoms with Crippen molar-refractivity contribution in [3.8, 4) is 5.75 Å². The number of aromatic nitrogens is 2. The molecule has 1 amide bonds. The van der Waals surface area contributed by atoms with Gasteiger partial charge >= 0.3 is 0 Å². The van der Waals surface area contributed by atoms with Crippen LogP contribution in [0.15, 0.2) is 40.8 Å². The van der Waals surface area contributed by atoms with E-state index < -0.39 is 0 Å². The van der Waals surface area contributed by atoms with Crippen LogP contribution in [0.1, 0.15) is 28.5 Å². The topological polar surface area (TPSA) is 77.3 Å². The Kier molecular flexibility index (Phi) is 5.45. The molecular weight excluding hydrogens is 338 g/mol. The van der Waals surface area contributed by atoms with E-state index in [1.165, 1.54) is 11.3 Å². The summed E-state index contributed by atoms with van der Waals surface area (Å²) in [5, 5.41) is 12.3. The molecule has 0 fully saturated rings. The van der Waals surface area contributed by atoms with Crippen molar-refractivity contribution in [2.75, 3.05) is 12.4 Å². The summed E-state index contributed by atoms with van der Waals surface area (Å²) in [6.07, 6.45) is 1.58. The third-order valence-electron chi connectivity index (χ3n) is 3.62. The van der Waals surface area contributed by atoms with Crippen molar-refractivity contribution in [3.63, 3.8) is 0 Å². The van der Waals surface area contributed by atoms with Crippen molar-refractivity contribution in [1.82, 2.24) is 10.2 Å². The number of methoxy groups -OCH3 is 1. The van der Waals surface area contributed by atoms with Crippen LogP contribution in [0.5, 0.6) is 5.75 Å². The van der Waals surface area contributed by atoms with E-state index in [1.54, 1.807) is 7.11 Å². The number of furan rings is 1. The number of ether oxygens (including phenoxy) is 1. The van der Waals surface area contributed by atoms with Gasteiger partial charge in [0.2, 0.25) is 11.0 Å². The minimum absolute atomic E-state index is 0.0961. The molecule has 0 saturated carbocycles. The van der Waals surface area contributed by atoms with Crippen molar-refractivity contribution in [2.24, 2.45) is 0 Å². The van der Waals surface area contributed by atoms with Gasteiger partial charge in [0, 0.05) is 19.3 Å². The molecule has 0 aliphatic heterocycles. The summed E-state index contributed by atoms with van der Waals surface area (Å²) in [7, 11) is 1.64. The number of carbonyl (C=O) groups excluding carboxylic acids is 1. The molecule has 0 radical (unpaired) electrons. The Labute approximate surface area is 149 Å². The van der Waals surface area contributed by atoms with Gasteiger partial charge in [-0.1, -0.05) is 23.5 Å². The van der Waals surface area contributed by atoms with Gasteiger partial charge in [0.1, 0.15) is 22.3 Å². The number of amides is 1. The summed E-state index contributed by atoms with van der Waals surface area (Å²) in [4.78, 5) is 12.0. The summed E-state index contributed by atoms with van der Waals surface area (Å²) in [5.74, 6) is 2.38. The van der Waals surface area contributed by atoms with Gasteiger partial charge in [-0.15, -0.1) is 10.2 Å². The molecule has 0 aliphatic carbocycles. The van der Waals surface area contributed by atoms with Crippen LogP contribution in [0.4, 0.5) is 5.13 Å². The Morgan fingerprint density at radius 2 is 2.00 bits per heavy atom. The Morgan fingerprint density at radius 3 is 2.68 bits per heavy atom. The lowest BCUT2D eigenvalue weighted by Gasteiger charge is -2.01. The average Bonchev–Trinajstić information content (AvgIpc) is 3.22. The van der Waals surface area contributed by atoms with Crippen molar-refractivity contribution < 1.29 is 13.9 Å². The summed E-state index contributed by atoms with van der Waals surface area (Å²) >= 11 is 1.38. The van der Waals surface area contributed by atoms with Gasteiger partial charge in [-0.25, -0.2) is 0 Å². The monoisotopic (exact) mass is 357 g/mol. The maximum Gasteiger partial charge on any atom is 0.226 e. The predicted octanol–water partition coefficient (Wildman–Crippen LogP) is 3.61. The number of anilines is 1. The van der Waals surface area contributed by atoms with Crippen molar-refractivity contribution >= 4 is 22.4 Å². The van der Waals surface area contributed by atoms with Crippen LogP contribution < -0.4 is 10.1 Å². The molecule has 130 valence electrons. The van der Waals surface area contributed by atoms with Crippen LogP contribution in [-0.2, 0) is 17.6 Å². The molecular formula is C18H19N3O3S. The van der Waals surface area contributed by atoms with Crippen LogP contribution in [0.2, 0.25) is 0 Å². The van der Waals surface area contributed by atoms with Crippen molar-refractivity contribution in [3.05, 3.63) is 58.5 Å². The number of nitrogens with zero attached hydrogens (tertiary/aromatic N) is 2. The molecule has 1 aromatic carbocycles. The van der Waals surface area contributed by atoms with Gasteiger partial charge in [-0.2, -0.15) is 0 Å². The van der Waals surface area contributed by atoms with Gasteiger partial charge in [0.25, 0.3) is 0 Å². The van der Waals surface area contributed by atoms with E-state index in [1.807, 2.05) is 43.3 Å². The lowest BCUT2D eigenvalue weighted by molar-refractivity contribution is -0.116. The fraction of sp³-hybridized carbons (Fsp3) is 0.278. The molecule has 1 N–H and O–H groups in total. The quantitative estimate of drug-likeness (QED) is 0.699.